The summed E-state index contributed by atoms with van der Waals surface area (Å²) in [5, 5.41) is 1.18. The van der Waals surface area contributed by atoms with Gasteiger partial charge in [-0.25, -0.2) is 0 Å². The molecule has 0 amide bonds. The molecule has 0 aliphatic carbocycles. The van der Waals surface area contributed by atoms with Gasteiger partial charge in [0.05, 0.1) is 12.6 Å². The maximum Gasteiger partial charge on any atom is 0.156 e. The Balaban J connectivity index is 1.95. The van der Waals surface area contributed by atoms with E-state index in [-0.39, 0.29) is 0 Å². The molecule has 0 saturated heterocycles. The Labute approximate surface area is 123 Å². The molecule has 0 aliphatic heterocycles. The summed E-state index contributed by atoms with van der Waals surface area (Å²) in [6.07, 6.45) is 2.83. The molecule has 1 aromatic heterocycles. The standard InChI is InChI=1S/C17H18N2O2/c1-20-14-6-8-15(9-7-14)21-19-12-13(10-11-18)16-4-2-3-5-17(16)19/h2-9,12H,10-11,18H2,1H3. The number of hydrogen-bond donors (Lipinski definition) is 1. The Morgan fingerprint density at radius 1 is 1.00 bits per heavy atom. The molecule has 2 aromatic carbocycles. The smallest absolute Gasteiger partial charge is 0.156 e. The lowest BCUT2D eigenvalue weighted by Gasteiger charge is -2.08. The molecular formula is C17H18N2O2. The van der Waals surface area contributed by atoms with Gasteiger partial charge in [0.1, 0.15) is 5.75 Å². The molecule has 0 radical (unpaired) electrons. The largest absolute Gasteiger partial charge is 0.497 e. The molecule has 4 nitrogen and oxygen atoms in total. The molecule has 0 saturated carbocycles. The van der Waals surface area contributed by atoms with E-state index in [2.05, 4.69) is 6.07 Å². The third kappa shape index (κ3) is 2.71. The van der Waals surface area contributed by atoms with Crippen LogP contribution in [0.15, 0.2) is 54.7 Å². The minimum Gasteiger partial charge on any atom is -0.497 e. The first kappa shape index (κ1) is 13.5. The van der Waals surface area contributed by atoms with Crippen molar-refractivity contribution < 1.29 is 9.57 Å². The van der Waals surface area contributed by atoms with Crippen LogP contribution in [0.2, 0.25) is 0 Å². The van der Waals surface area contributed by atoms with Gasteiger partial charge in [-0.05, 0) is 48.9 Å². The fourth-order valence-electron chi connectivity index (χ4n) is 2.40. The molecule has 1 heterocycles. The maximum atomic E-state index is 5.94. The third-order valence-electron chi connectivity index (χ3n) is 3.44. The second kappa shape index (κ2) is 5.89. The van der Waals surface area contributed by atoms with E-state index >= 15 is 0 Å². The summed E-state index contributed by atoms with van der Waals surface area (Å²) in [6, 6.07) is 15.7. The third-order valence-corrected chi connectivity index (χ3v) is 3.44. The Bertz CT molecular complexity index is 732. The second-order valence-corrected chi connectivity index (χ2v) is 4.80. The minimum absolute atomic E-state index is 0.622. The average Bonchev–Trinajstić information content (AvgIpc) is 2.87. The van der Waals surface area contributed by atoms with Gasteiger partial charge in [-0.1, -0.05) is 18.2 Å². The number of aromatic nitrogens is 1. The first-order valence-electron chi connectivity index (χ1n) is 6.93. The maximum absolute atomic E-state index is 5.94. The van der Waals surface area contributed by atoms with Crippen molar-refractivity contribution in [2.45, 2.75) is 6.42 Å². The highest BCUT2D eigenvalue weighted by Gasteiger charge is 2.09. The first-order valence-corrected chi connectivity index (χ1v) is 6.93. The summed E-state index contributed by atoms with van der Waals surface area (Å²) < 4.78 is 6.94. The zero-order chi connectivity index (χ0) is 14.7. The summed E-state index contributed by atoms with van der Waals surface area (Å²) in [5.41, 5.74) is 7.92. The Morgan fingerprint density at radius 2 is 1.71 bits per heavy atom. The molecule has 4 heteroatoms. The summed E-state index contributed by atoms with van der Waals surface area (Å²) in [5.74, 6) is 1.57. The van der Waals surface area contributed by atoms with Crippen LogP contribution in [0.4, 0.5) is 0 Å². The van der Waals surface area contributed by atoms with Gasteiger partial charge >= 0.3 is 0 Å². The number of methoxy groups -OCH3 is 1. The summed E-state index contributed by atoms with van der Waals surface area (Å²) in [4.78, 5) is 5.94. The molecule has 2 N–H and O–H groups in total. The molecule has 0 aliphatic rings. The van der Waals surface area contributed by atoms with Crippen LogP contribution in [-0.4, -0.2) is 18.4 Å². The Morgan fingerprint density at radius 3 is 2.43 bits per heavy atom. The van der Waals surface area contributed by atoms with E-state index in [0.717, 1.165) is 23.4 Å². The van der Waals surface area contributed by atoms with E-state index in [1.165, 1.54) is 10.9 Å². The van der Waals surface area contributed by atoms with Crippen LogP contribution in [0.1, 0.15) is 5.56 Å². The molecule has 0 bridgehead atoms. The number of nitrogens with two attached hydrogens (primary N) is 1. The molecular weight excluding hydrogens is 264 g/mol. The summed E-state index contributed by atoms with van der Waals surface area (Å²) in [7, 11) is 1.65. The highest BCUT2D eigenvalue weighted by molar-refractivity contribution is 5.83. The van der Waals surface area contributed by atoms with Crippen LogP contribution in [0.25, 0.3) is 10.9 Å². The van der Waals surface area contributed by atoms with Crippen molar-refractivity contribution in [2.75, 3.05) is 13.7 Å². The Hall–Kier alpha value is -2.46. The quantitative estimate of drug-likeness (QED) is 0.782. The molecule has 3 aromatic rings. The molecule has 0 unspecified atom stereocenters. The number of para-hydroxylation sites is 1. The van der Waals surface area contributed by atoms with Gasteiger partial charge < -0.3 is 15.3 Å². The van der Waals surface area contributed by atoms with E-state index in [0.29, 0.717) is 6.54 Å². The summed E-state index contributed by atoms with van der Waals surface area (Å²) >= 11 is 0. The number of benzene rings is 2. The molecule has 0 spiro atoms. The zero-order valence-corrected chi connectivity index (χ0v) is 12.0. The van der Waals surface area contributed by atoms with Crippen molar-refractivity contribution in [2.24, 2.45) is 5.73 Å². The predicted octanol–water partition coefficient (Wildman–Crippen LogP) is 2.99. The number of rotatable bonds is 5. The SMILES string of the molecule is COc1ccc(On2cc(CCN)c3ccccc32)cc1. The number of nitrogens with zero attached hydrogens (tertiary/aromatic N) is 1. The van der Waals surface area contributed by atoms with E-state index in [1.807, 2.05) is 48.7 Å². The number of hydrogen-bond acceptors (Lipinski definition) is 3. The van der Waals surface area contributed by atoms with Gasteiger partial charge in [-0.15, -0.1) is 0 Å². The van der Waals surface area contributed by atoms with Crippen molar-refractivity contribution in [3.05, 3.63) is 60.3 Å². The van der Waals surface area contributed by atoms with E-state index in [4.69, 9.17) is 15.3 Å². The van der Waals surface area contributed by atoms with Crippen LogP contribution in [0.5, 0.6) is 11.5 Å². The second-order valence-electron chi connectivity index (χ2n) is 4.80. The molecule has 21 heavy (non-hydrogen) atoms. The number of fused-ring (bicyclic) bond motifs is 1. The van der Waals surface area contributed by atoms with Crippen molar-refractivity contribution >= 4 is 10.9 Å². The van der Waals surface area contributed by atoms with Crippen LogP contribution in [0.3, 0.4) is 0 Å². The highest BCUT2D eigenvalue weighted by Crippen LogP contribution is 2.24. The molecule has 0 atom stereocenters. The van der Waals surface area contributed by atoms with Crippen LogP contribution >= 0.6 is 0 Å². The molecule has 0 fully saturated rings. The van der Waals surface area contributed by atoms with Crippen LogP contribution in [-0.2, 0) is 6.42 Å². The number of ether oxygens (including phenoxy) is 1. The van der Waals surface area contributed by atoms with E-state index in [9.17, 15) is 0 Å². The lowest BCUT2D eigenvalue weighted by molar-refractivity contribution is 0.228. The van der Waals surface area contributed by atoms with Crippen molar-refractivity contribution in [3.8, 4) is 11.5 Å². The zero-order valence-electron chi connectivity index (χ0n) is 12.0. The van der Waals surface area contributed by atoms with Crippen LogP contribution in [0, 0.1) is 0 Å². The van der Waals surface area contributed by atoms with Gasteiger partial charge in [0.2, 0.25) is 0 Å². The van der Waals surface area contributed by atoms with Gasteiger partial charge in [0.25, 0.3) is 0 Å². The van der Waals surface area contributed by atoms with Crippen LogP contribution < -0.4 is 15.3 Å². The first-order chi connectivity index (χ1) is 10.3. The van der Waals surface area contributed by atoms with E-state index < -0.39 is 0 Å². The fraction of sp³-hybridized carbons (Fsp3) is 0.176. The van der Waals surface area contributed by atoms with Crippen molar-refractivity contribution in [3.63, 3.8) is 0 Å². The highest BCUT2D eigenvalue weighted by atomic mass is 16.7. The summed E-state index contributed by atoms with van der Waals surface area (Å²) in [6.45, 7) is 0.622. The molecule has 3 rings (SSSR count). The van der Waals surface area contributed by atoms with Gasteiger partial charge in [0.15, 0.2) is 5.75 Å². The topological polar surface area (TPSA) is 49.4 Å². The average molecular weight is 282 g/mol. The lowest BCUT2D eigenvalue weighted by Crippen LogP contribution is -2.04. The van der Waals surface area contributed by atoms with Crippen molar-refractivity contribution in [1.82, 2.24) is 4.73 Å². The molecule has 108 valence electrons. The van der Waals surface area contributed by atoms with E-state index in [1.54, 1.807) is 11.8 Å². The van der Waals surface area contributed by atoms with Crippen molar-refractivity contribution in [1.29, 1.82) is 0 Å². The monoisotopic (exact) mass is 282 g/mol. The van der Waals surface area contributed by atoms with Gasteiger partial charge in [-0.2, -0.15) is 4.73 Å². The Kier molecular flexibility index (Phi) is 3.79. The predicted molar refractivity (Wildman–Crippen MR) is 83.7 cm³/mol. The fourth-order valence-corrected chi connectivity index (χ4v) is 2.40. The minimum atomic E-state index is 0.622. The lowest BCUT2D eigenvalue weighted by atomic mass is 10.1. The normalized spacial score (nSPS) is 10.8. The van der Waals surface area contributed by atoms with Gasteiger partial charge in [0, 0.05) is 11.6 Å². The van der Waals surface area contributed by atoms with Gasteiger partial charge in [-0.3, -0.25) is 0 Å².